The highest BCUT2D eigenvalue weighted by Gasteiger charge is 2.19. The lowest BCUT2D eigenvalue weighted by Crippen LogP contribution is -2.30. The summed E-state index contributed by atoms with van der Waals surface area (Å²) in [7, 11) is 0. The molecule has 0 N–H and O–H groups in total. The molecular weight excluding hydrogens is 973 g/mol. The van der Waals surface area contributed by atoms with E-state index in [9.17, 15) is 14.4 Å². The molecule has 0 saturated heterocycles. The quantitative estimate of drug-likeness (QED) is 0.0261. The summed E-state index contributed by atoms with van der Waals surface area (Å²) < 4.78 is 16.9. The van der Waals surface area contributed by atoms with Crippen molar-refractivity contribution in [1.82, 2.24) is 0 Å². The lowest BCUT2D eigenvalue weighted by molar-refractivity contribution is -0.167. The minimum atomic E-state index is -0.796. The molecule has 0 rings (SSSR count). The second kappa shape index (κ2) is 66.3. The van der Waals surface area contributed by atoms with Gasteiger partial charge in [-0.05, 0) is 128 Å². The van der Waals surface area contributed by atoms with Gasteiger partial charge in [0.25, 0.3) is 0 Å². The van der Waals surface area contributed by atoms with Crippen LogP contribution in [-0.4, -0.2) is 37.2 Å². The third kappa shape index (κ3) is 64.5. The molecule has 1 unspecified atom stereocenters. The predicted octanol–water partition coefficient (Wildman–Crippen LogP) is 22.8. The minimum absolute atomic E-state index is 0.0905. The zero-order chi connectivity index (χ0) is 57.1. The van der Waals surface area contributed by atoms with Crippen molar-refractivity contribution in [2.45, 2.75) is 309 Å². The van der Waals surface area contributed by atoms with Crippen molar-refractivity contribution < 1.29 is 28.6 Å². The number of unbranched alkanes of at least 4 members (excludes halogenated alkanes) is 28. The standard InChI is InChI=1S/C73H122O6/c1-4-7-10-13-16-19-22-25-27-29-31-32-33-34-35-36-37-38-39-40-42-43-45-48-51-54-57-60-63-66-72(75)78-69-70(68-77-71(74)65-62-59-56-53-50-47-24-21-18-15-12-9-6-3)79-73(76)67-64-61-58-55-52-49-46-44-41-30-28-26-23-20-17-14-11-8-5-2/h7,9-10,12,16-21,25-28,31-32,34-35,47,50,70H,4-6,8,11,13-15,22-24,29-30,33,36-46,48-49,51-69H2,1-3H3/b10-7-,12-9-,19-16-,20-17-,21-18-,27-25-,28-26-,32-31-,35-34-,50-47-. The molecular formula is C73H122O6. The molecule has 1 atom stereocenters. The molecule has 6 heteroatoms. The van der Waals surface area contributed by atoms with Gasteiger partial charge < -0.3 is 14.2 Å². The SMILES string of the molecule is CC/C=C\C/C=C\C/C=C\C/C=C\C/C=C\CCCCCCCCCCCCCCCC(=O)OCC(COC(=O)CCCCC/C=C\C/C=C\C/C=C\CC)OC(=O)CCCCCCCCCCC/C=C\C/C=C\CCCCC. The number of allylic oxidation sites excluding steroid dienone is 20. The van der Waals surface area contributed by atoms with Gasteiger partial charge in [-0.3, -0.25) is 14.4 Å². The third-order valence-corrected chi connectivity index (χ3v) is 13.9. The van der Waals surface area contributed by atoms with E-state index in [-0.39, 0.29) is 31.1 Å². The molecule has 6 nitrogen and oxygen atoms in total. The van der Waals surface area contributed by atoms with Gasteiger partial charge in [0, 0.05) is 19.3 Å². The Balaban J connectivity index is 4.29. The number of hydrogen-bond acceptors (Lipinski definition) is 6. The first-order valence-corrected chi connectivity index (χ1v) is 33.0. The Morgan fingerprint density at radius 2 is 0.494 bits per heavy atom. The number of rotatable bonds is 59. The van der Waals surface area contributed by atoms with Crippen LogP contribution in [0, 0.1) is 0 Å². The number of carbonyl (C=O) groups excluding carboxylic acids is 3. The maximum absolute atomic E-state index is 12.9. The first kappa shape index (κ1) is 74.8. The van der Waals surface area contributed by atoms with Crippen molar-refractivity contribution >= 4 is 17.9 Å². The Morgan fingerprint density at radius 1 is 0.266 bits per heavy atom. The topological polar surface area (TPSA) is 78.9 Å². The Hall–Kier alpha value is -4.19. The molecule has 0 spiro atoms. The van der Waals surface area contributed by atoms with Gasteiger partial charge in [0.05, 0.1) is 0 Å². The fourth-order valence-corrected chi connectivity index (χ4v) is 9.04. The van der Waals surface area contributed by atoms with Crippen LogP contribution in [0.5, 0.6) is 0 Å². The summed E-state index contributed by atoms with van der Waals surface area (Å²) in [5.74, 6) is -0.920. The van der Waals surface area contributed by atoms with Crippen molar-refractivity contribution in [2.24, 2.45) is 0 Å². The molecule has 0 fully saturated rings. The average molecular weight is 1100 g/mol. The molecule has 0 amide bonds. The van der Waals surface area contributed by atoms with Crippen molar-refractivity contribution in [3.05, 3.63) is 122 Å². The van der Waals surface area contributed by atoms with Gasteiger partial charge in [-0.15, -0.1) is 0 Å². The Bertz CT molecular complexity index is 1640. The molecule has 0 aromatic carbocycles. The highest BCUT2D eigenvalue weighted by molar-refractivity contribution is 5.71. The molecule has 450 valence electrons. The molecule has 0 bridgehead atoms. The van der Waals surface area contributed by atoms with E-state index in [4.69, 9.17) is 14.2 Å². The van der Waals surface area contributed by atoms with Crippen LogP contribution < -0.4 is 0 Å². The Labute approximate surface area is 488 Å². The maximum Gasteiger partial charge on any atom is 0.306 e. The van der Waals surface area contributed by atoms with Crippen LogP contribution in [0.4, 0.5) is 0 Å². The minimum Gasteiger partial charge on any atom is -0.462 e. The van der Waals surface area contributed by atoms with E-state index in [1.54, 1.807) is 0 Å². The summed E-state index contributed by atoms with van der Waals surface area (Å²) in [4.78, 5) is 38.3. The van der Waals surface area contributed by atoms with Crippen LogP contribution in [0.1, 0.15) is 303 Å². The zero-order valence-corrected chi connectivity index (χ0v) is 51.6. The molecule has 79 heavy (non-hydrogen) atoms. The second-order valence-electron chi connectivity index (χ2n) is 21.6. The lowest BCUT2D eigenvalue weighted by atomic mass is 10.0. The molecule has 0 aliphatic rings. The fraction of sp³-hybridized carbons (Fsp3) is 0.685. The van der Waals surface area contributed by atoms with Gasteiger partial charge in [-0.2, -0.15) is 0 Å². The Morgan fingerprint density at radius 3 is 0.785 bits per heavy atom. The van der Waals surface area contributed by atoms with Gasteiger partial charge in [0.1, 0.15) is 13.2 Å². The molecule has 0 aliphatic carbocycles. The van der Waals surface area contributed by atoms with Crippen molar-refractivity contribution in [3.8, 4) is 0 Å². The maximum atomic E-state index is 12.9. The number of ether oxygens (including phenoxy) is 3. The second-order valence-corrected chi connectivity index (χ2v) is 21.6. The van der Waals surface area contributed by atoms with Crippen LogP contribution in [0.25, 0.3) is 0 Å². The summed E-state index contributed by atoms with van der Waals surface area (Å²) in [5.41, 5.74) is 0. The van der Waals surface area contributed by atoms with Crippen LogP contribution in [-0.2, 0) is 28.6 Å². The van der Waals surface area contributed by atoms with Crippen LogP contribution >= 0.6 is 0 Å². The van der Waals surface area contributed by atoms with Crippen molar-refractivity contribution in [1.29, 1.82) is 0 Å². The summed E-state index contributed by atoms with van der Waals surface area (Å²) in [6, 6.07) is 0. The smallest absolute Gasteiger partial charge is 0.306 e. The number of hydrogen-bond donors (Lipinski definition) is 0. The average Bonchev–Trinajstić information content (AvgIpc) is 3.45. The van der Waals surface area contributed by atoms with E-state index >= 15 is 0 Å². The number of carbonyl (C=O) groups is 3. The summed E-state index contributed by atoms with van der Waals surface area (Å²) in [5, 5.41) is 0. The highest BCUT2D eigenvalue weighted by atomic mass is 16.6. The fourth-order valence-electron chi connectivity index (χ4n) is 9.04. The highest BCUT2D eigenvalue weighted by Crippen LogP contribution is 2.16. The van der Waals surface area contributed by atoms with Crippen molar-refractivity contribution in [3.63, 3.8) is 0 Å². The van der Waals surface area contributed by atoms with E-state index in [0.29, 0.717) is 19.3 Å². The third-order valence-electron chi connectivity index (χ3n) is 13.9. The van der Waals surface area contributed by atoms with Gasteiger partial charge >= 0.3 is 17.9 Å². The first-order valence-electron chi connectivity index (χ1n) is 33.0. The van der Waals surface area contributed by atoms with E-state index in [1.165, 1.54) is 141 Å². The normalized spacial score (nSPS) is 12.9. The van der Waals surface area contributed by atoms with Gasteiger partial charge in [-0.1, -0.05) is 277 Å². The van der Waals surface area contributed by atoms with Gasteiger partial charge in [-0.25, -0.2) is 0 Å². The zero-order valence-electron chi connectivity index (χ0n) is 51.6. The molecule has 0 aliphatic heterocycles. The van der Waals surface area contributed by atoms with Crippen molar-refractivity contribution in [2.75, 3.05) is 13.2 Å². The molecule has 0 aromatic heterocycles. The molecule has 0 heterocycles. The Kier molecular flexibility index (Phi) is 62.8. The van der Waals surface area contributed by atoms with Crippen LogP contribution in [0.3, 0.4) is 0 Å². The van der Waals surface area contributed by atoms with Crippen LogP contribution in [0.15, 0.2) is 122 Å². The van der Waals surface area contributed by atoms with E-state index in [0.717, 1.165) is 122 Å². The predicted molar refractivity (Wildman–Crippen MR) is 343 cm³/mol. The molecule has 0 aromatic rings. The van der Waals surface area contributed by atoms with E-state index in [2.05, 4.69) is 142 Å². The molecule has 0 saturated carbocycles. The number of esters is 3. The largest absolute Gasteiger partial charge is 0.462 e. The van der Waals surface area contributed by atoms with E-state index < -0.39 is 6.10 Å². The first-order chi connectivity index (χ1) is 39.0. The summed E-state index contributed by atoms with van der Waals surface area (Å²) in [6.45, 7) is 6.38. The lowest BCUT2D eigenvalue weighted by Gasteiger charge is -2.18. The van der Waals surface area contributed by atoms with Crippen LogP contribution in [0.2, 0.25) is 0 Å². The summed E-state index contributed by atoms with van der Waals surface area (Å²) in [6.07, 6.45) is 92.1. The molecule has 0 radical (unpaired) electrons. The van der Waals surface area contributed by atoms with E-state index in [1.807, 2.05) is 0 Å². The van der Waals surface area contributed by atoms with Gasteiger partial charge in [0.2, 0.25) is 0 Å². The van der Waals surface area contributed by atoms with Gasteiger partial charge in [0.15, 0.2) is 6.10 Å². The summed E-state index contributed by atoms with van der Waals surface area (Å²) >= 11 is 0. The monoisotopic (exact) mass is 1090 g/mol.